The maximum absolute atomic E-state index is 11.1. The van der Waals surface area contributed by atoms with E-state index in [9.17, 15) is 8.78 Å². The van der Waals surface area contributed by atoms with Crippen LogP contribution in [0.1, 0.15) is 6.42 Å². The van der Waals surface area contributed by atoms with E-state index in [-0.39, 0.29) is 0 Å². The SMILES string of the molecule is [CH2]CC#CC=C(F)F. The third-order valence-corrected chi connectivity index (χ3v) is 0.408. The highest BCUT2D eigenvalue weighted by Crippen LogP contribution is 1.92. The first kappa shape index (κ1) is 7.16. The van der Waals surface area contributed by atoms with Crippen LogP contribution < -0.4 is 0 Å². The second-order valence-corrected chi connectivity index (χ2v) is 1.01. The molecule has 43 valence electrons. The van der Waals surface area contributed by atoms with Crippen molar-refractivity contribution < 1.29 is 8.78 Å². The van der Waals surface area contributed by atoms with Gasteiger partial charge in [-0.25, -0.2) is 0 Å². The quantitative estimate of drug-likeness (QED) is 0.423. The van der Waals surface area contributed by atoms with Crippen molar-refractivity contribution in [2.24, 2.45) is 0 Å². The van der Waals surface area contributed by atoms with Gasteiger partial charge >= 0.3 is 0 Å². The molecule has 0 saturated heterocycles. The minimum absolute atomic E-state index is 0.365. The fourth-order valence-corrected chi connectivity index (χ4v) is 0.178. The monoisotopic (exact) mass is 115 g/mol. The van der Waals surface area contributed by atoms with E-state index in [1.54, 1.807) is 0 Å². The van der Waals surface area contributed by atoms with Gasteiger partial charge in [0.05, 0.1) is 6.08 Å². The molecule has 0 unspecified atom stereocenters. The summed E-state index contributed by atoms with van der Waals surface area (Å²) in [5, 5.41) is 0. The van der Waals surface area contributed by atoms with Crippen LogP contribution in [0.4, 0.5) is 8.78 Å². The molecule has 8 heavy (non-hydrogen) atoms. The van der Waals surface area contributed by atoms with Crippen LogP contribution in [0.5, 0.6) is 0 Å². The van der Waals surface area contributed by atoms with E-state index in [0.29, 0.717) is 12.5 Å². The Labute approximate surface area is 47.2 Å². The lowest BCUT2D eigenvalue weighted by Crippen LogP contribution is -1.55. The fraction of sp³-hybridized carbons (Fsp3) is 0.167. The highest BCUT2D eigenvalue weighted by molar-refractivity contribution is 5.15. The zero-order valence-corrected chi connectivity index (χ0v) is 4.25. The van der Waals surface area contributed by atoms with Gasteiger partial charge in [0, 0.05) is 6.42 Å². The predicted octanol–water partition coefficient (Wildman–Crippen LogP) is 1.99. The van der Waals surface area contributed by atoms with Crippen molar-refractivity contribution in [1.29, 1.82) is 0 Å². The Morgan fingerprint density at radius 1 is 1.62 bits per heavy atom. The van der Waals surface area contributed by atoms with Crippen molar-refractivity contribution in [1.82, 2.24) is 0 Å². The minimum Gasteiger partial charge on any atom is -0.173 e. The van der Waals surface area contributed by atoms with Crippen LogP contribution in [0.25, 0.3) is 0 Å². The summed E-state index contributed by atoms with van der Waals surface area (Å²) in [5.41, 5.74) is 0. The van der Waals surface area contributed by atoms with Crippen LogP contribution in [-0.4, -0.2) is 0 Å². The van der Waals surface area contributed by atoms with Gasteiger partial charge in [-0.15, -0.1) is 0 Å². The van der Waals surface area contributed by atoms with Gasteiger partial charge in [-0.2, -0.15) is 8.78 Å². The molecule has 0 heterocycles. The minimum atomic E-state index is -1.76. The summed E-state index contributed by atoms with van der Waals surface area (Å²) in [7, 11) is 0. The highest BCUT2D eigenvalue weighted by Gasteiger charge is 1.78. The van der Waals surface area contributed by atoms with E-state index in [1.807, 2.05) is 0 Å². The number of hydrogen-bond donors (Lipinski definition) is 0. The Morgan fingerprint density at radius 3 is 2.62 bits per heavy atom. The standard InChI is InChI=1S/C6H5F2/c1-2-3-4-5-6(7)8/h5H,1-2H2. The van der Waals surface area contributed by atoms with Crippen LogP contribution in [0.3, 0.4) is 0 Å². The molecule has 0 nitrogen and oxygen atoms in total. The summed E-state index contributed by atoms with van der Waals surface area (Å²) in [6.07, 6.45) is -0.833. The predicted molar refractivity (Wildman–Crippen MR) is 28.0 cm³/mol. The molecule has 0 aromatic carbocycles. The molecule has 0 atom stereocenters. The number of halogens is 2. The lowest BCUT2D eigenvalue weighted by molar-refractivity contribution is 0.422. The van der Waals surface area contributed by atoms with Crippen molar-refractivity contribution >= 4 is 0 Å². The topological polar surface area (TPSA) is 0 Å². The van der Waals surface area contributed by atoms with Crippen LogP contribution in [0, 0.1) is 18.8 Å². The van der Waals surface area contributed by atoms with Crippen molar-refractivity contribution in [3.05, 3.63) is 19.1 Å². The highest BCUT2D eigenvalue weighted by atomic mass is 19.3. The third kappa shape index (κ3) is 5.16. The van der Waals surface area contributed by atoms with E-state index < -0.39 is 6.08 Å². The Balaban J connectivity index is 3.57. The van der Waals surface area contributed by atoms with Gasteiger partial charge in [0.15, 0.2) is 0 Å². The Hall–Kier alpha value is -0.840. The van der Waals surface area contributed by atoms with Crippen LogP contribution >= 0.6 is 0 Å². The largest absolute Gasteiger partial charge is 0.278 e. The number of rotatable bonds is 0. The van der Waals surface area contributed by atoms with Crippen LogP contribution in [-0.2, 0) is 0 Å². The molecule has 0 fully saturated rings. The van der Waals surface area contributed by atoms with Crippen molar-refractivity contribution in [3.63, 3.8) is 0 Å². The molecule has 0 aliphatic rings. The Bertz CT molecular complexity index is 132. The molecule has 0 aliphatic heterocycles. The fourth-order valence-electron chi connectivity index (χ4n) is 0.178. The van der Waals surface area contributed by atoms with Gasteiger partial charge in [0.2, 0.25) is 0 Å². The normalized spacial score (nSPS) is 6.88. The van der Waals surface area contributed by atoms with Crippen molar-refractivity contribution in [2.45, 2.75) is 6.42 Å². The van der Waals surface area contributed by atoms with Gasteiger partial charge in [0.1, 0.15) is 0 Å². The third-order valence-electron chi connectivity index (χ3n) is 0.408. The van der Waals surface area contributed by atoms with E-state index in [0.717, 1.165) is 0 Å². The molecular formula is C6H5F2. The first-order chi connectivity index (χ1) is 3.77. The summed E-state index contributed by atoms with van der Waals surface area (Å²) in [4.78, 5) is 0. The molecule has 0 rings (SSSR count). The lowest BCUT2D eigenvalue weighted by Gasteiger charge is -1.67. The maximum atomic E-state index is 11.1. The summed E-state index contributed by atoms with van der Waals surface area (Å²) < 4.78 is 22.2. The molecule has 0 N–H and O–H groups in total. The molecule has 1 radical (unpaired) electrons. The zero-order valence-electron chi connectivity index (χ0n) is 4.25. The molecule has 0 saturated carbocycles. The smallest absolute Gasteiger partial charge is 0.173 e. The van der Waals surface area contributed by atoms with Crippen LogP contribution in [0.2, 0.25) is 0 Å². The summed E-state index contributed by atoms with van der Waals surface area (Å²) >= 11 is 0. The second-order valence-electron chi connectivity index (χ2n) is 1.01. The summed E-state index contributed by atoms with van der Waals surface area (Å²) in [6.45, 7) is 3.33. The van der Waals surface area contributed by atoms with E-state index in [4.69, 9.17) is 0 Å². The van der Waals surface area contributed by atoms with E-state index >= 15 is 0 Å². The molecule has 0 bridgehead atoms. The zero-order chi connectivity index (χ0) is 6.41. The molecule has 0 amide bonds. The van der Waals surface area contributed by atoms with Crippen molar-refractivity contribution in [2.75, 3.05) is 0 Å². The average Bonchev–Trinajstić information content (AvgIpc) is 1.66. The molecule has 0 aliphatic carbocycles. The molecular weight excluding hydrogens is 110 g/mol. The average molecular weight is 115 g/mol. The molecule has 2 heteroatoms. The first-order valence-electron chi connectivity index (χ1n) is 2.06. The van der Waals surface area contributed by atoms with E-state index in [1.165, 1.54) is 0 Å². The van der Waals surface area contributed by atoms with E-state index in [2.05, 4.69) is 18.8 Å². The van der Waals surface area contributed by atoms with Gasteiger partial charge in [-0.1, -0.05) is 11.8 Å². The first-order valence-corrected chi connectivity index (χ1v) is 2.06. The Kier molecular flexibility index (Phi) is 3.87. The summed E-state index contributed by atoms with van der Waals surface area (Å²) in [6, 6.07) is 0. The number of allylic oxidation sites excluding steroid dienone is 1. The molecule has 0 spiro atoms. The van der Waals surface area contributed by atoms with Crippen LogP contribution in [0.15, 0.2) is 12.2 Å². The maximum Gasteiger partial charge on any atom is 0.278 e. The number of hydrogen-bond acceptors (Lipinski definition) is 0. The molecule has 0 aromatic rings. The Morgan fingerprint density at radius 2 is 2.25 bits per heavy atom. The van der Waals surface area contributed by atoms with Gasteiger partial charge in [-0.05, 0) is 6.92 Å². The summed E-state index contributed by atoms with van der Waals surface area (Å²) in [5.74, 6) is 4.47. The molecule has 0 aromatic heterocycles. The van der Waals surface area contributed by atoms with Gasteiger partial charge in [0.25, 0.3) is 6.08 Å². The van der Waals surface area contributed by atoms with Gasteiger partial charge < -0.3 is 0 Å². The second kappa shape index (κ2) is 4.32. The van der Waals surface area contributed by atoms with Gasteiger partial charge in [-0.3, -0.25) is 0 Å². The van der Waals surface area contributed by atoms with Crippen molar-refractivity contribution in [3.8, 4) is 11.8 Å². The lowest BCUT2D eigenvalue weighted by atomic mass is 10.5.